The Labute approximate surface area is 126 Å². The van der Waals surface area contributed by atoms with E-state index in [2.05, 4.69) is 54.9 Å². The van der Waals surface area contributed by atoms with Gasteiger partial charge in [-0.1, -0.05) is 22.0 Å². The predicted molar refractivity (Wildman–Crippen MR) is 87.0 cm³/mol. The Balaban J connectivity index is 2.29. The van der Waals surface area contributed by atoms with Crippen molar-refractivity contribution in [2.45, 2.75) is 20.8 Å². The highest BCUT2D eigenvalue weighted by molar-refractivity contribution is 9.10. The number of hydrogen-bond acceptors (Lipinski definition) is 2. The predicted octanol–water partition coefficient (Wildman–Crippen LogP) is 4.27. The first-order valence-corrected chi connectivity index (χ1v) is 7.28. The number of fused-ring (bicyclic) bond motifs is 1. The highest BCUT2D eigenvalue weighted by Crippen LogP contribution is 2.30. The molecule has 0 radical (unpaired) electrons. The van der Waals surface area contributed by atoms with Crippen molar-refractivity contribution < 1.29 is 0 Å². The molecule has 0 saturated heterocycles. The SMILES string of the molecule is Cc1cc(C)n2c(N)c(-c3ccc(Br)c(C)c3)nc2c1. The molecule has 0 fully saturated rings. The minimum Gasteiger partial charge on any atom is -0.383 e. The molecule has 3 nitrogen and oxygen atoms in total. The number of anilines is 1. The lowest BCUT2D eigenvalue weighted by molar-refractivity contribution is 1.09. The summed E-state index contributed by atoms with van der Waals surface area (Å²) in [5, 5.41) is 0. The molecule has 4 heteroatoms. The van der Waals surface area contributed by atoms with Crippen LogP contribution >= 0.6 is 15.9 Å². The topological polar surface area (TPSA) is 43.3 Å². The van der Waals surface area contributed by atoms with Crippen LogP contribution in [0.1, 0.15) is 16.8 Å². The molecule has 1 aromatic carbocycles. The van der Waals surface area contributed by atoms with Gasteiger partial charge in [0.2, 0.25) is 0 Å². The van der Waals surface area contributed by atoms with Gasteiger partial charge >= 0.3 is 0 Å². The van der Waals surface area contributed by atoms with E-state index in [9.17, 15) is 0 Å². The number of pyridine rings is 1. The molecule has 0 aliphatic carbocycles. The monoisotopic (exact) mass is 329 g/mol. The van der Waals surface area contributed by atoms with Gasteiger partial charge in [-0.2, -0.15) is 0 Å². The van der Waals surface area contributed by atoms with Crippen molar-refractivity contribution in [1.82, 2.24) is 9.38 Å². The van der Waals surface area contributed by atoms with Crippen LogP contribution in [0, 0.1) is 20.8 Å². The van der Waals surface area contributed by atoms with E-state index in [0.29, 0.717) is 5.82 Å². The number of benzene rings is 1. The van der Waals surface area contributed by atoms with Gasteiger partial charge in [0, 0.05) is 15.7 Å². The first-order valence-electron chi connectivity index (χ1n) is 6.49. The zero-order valence-electron chi connectivity index (χ0n) is 11.7. The molecule has 2 N–H and O–H groups in total. The van der Waals surface area contributed by atoms with E-state index in [1.165, 1.54) is 11.1 Å². The van der Waals surface area contributed by atoms with Gasteiger partial charge in [0.05, 0.1) is 0 Å². The third kappa shape index (κ3) is 2.00. The molecule has 2 aromatic heterocycles. The molecule has 2 heterocycles. The molecule has 0 amide bonds. The number of rotatable bonds is 1. The normalized spacial score (nSPS) is 11.2. The second kappa shape index (κ2) is 4.63. The molecule has 0 atom stereocenters. The van der Waals surface area contributed by atoms with Crippen molar-refractivity contribution in [1.29, 1.82) is 0 Å². The van der Waals surface area contributed by atoms with Gasteiger partial charge < -0.3 is 5.73 Å². The molecule has 0 spiro atoms. The maximum Gasteiger partial charge on any atom is 0.139 e. The smallest absolute Gasteiger partial charge is 0.139 e. The van der Waals surface area contributed by atoms with Gasteiger partial charge in [-0.3, -0.25) is 4.40 Å². The van der Waals surface area contributed by atoms with Crippen LogP contribution in [-0.2, 0) is 0 Å². The third-order valence-electron chi connectivity index (χ3n) is 3.52. The van der Waals surface area contributed by atoms with Gasteiger partial charge in [-0.25, -0.2) is 4.98 Å². The van der Waals surface area contributed by atoms with Crippen LogP contribution in [0.15, 0.2) is 34.8 Å². The van der Waals surface area contributed by atoms with Gasteiger partial charge in [-0.15, -0.1) is 0 Å². The Morgan fingerprint density at radius 3 is 2.55 bits per heavy atom. The van der Waals surface area contributed by atoms with Crippen LogP contribution in [0.2, 0.25) is 0 Å². The lowest BCUT2D eigenvalue weighted by Crippen LogP contribution is -1.98. The minimum atomic E-state index is 0.694. The summed E-state index contributed by atoms with van der Waals surface area (Å²) in [6, 6.07) is 10.3. The van der Waals surface area contributed by atoms with Crippen molar-refractivity contribution in [3.8, 4) is 11.3 Å². The van der Waals surface area contributed by atoms with E-state index in [0.717, 1.165) is 27.1 Å². The number of nitrogens with zero attached hydrogens (tertiary/aromatic N) is 2. The average molecular weight is 330 g/mol. The van der Waals surface area contributed by atoms with Crippen LogP contribution < -0.4 is 5.73 Å². The van der Waals surface area contributed by atoms with Crippen molar-refractivity contribution in [2.75, 3.05) is 5.73 Å². The average Bonchev–Trinajstić information content (AvgIpc) is 2.70. The van der Waals surface area contributed by atoms with E-state index in [-0.39, 0.29) is 0 Å². The van der Waals surface area contributed by atoms with Crippen molar-refractivity contribution in [3.05, 3.63) is 51.6 Å². The quantitative estimate of drug-likeness (QED) is 0.724. The van der Waals surface area contributed by atoms with Crippen LogP contribution in [0.4, 0.5) is 5.82 Å². The molecule has 0 bridgehead atoms. The second-order valence-electron chi connectivity index (χ2n) is 5.18. The Bertz CT molecular complexity index is 818. The van der Waals surface area contributed by atoms with E-state index in [4.69, 9.17) is 10.7 Å². The summed E-state index contributed by atoms with van der Waals surface area (Å²) >= 11 is 3.52. The highest BCUT2D eigenvalue weighted by Gasteiger charge is 2.13. The Morgan fingerprint density at radius 1 is 1.10 bits per heavy atom. The highest BCUT2D eigenvalue weighted by atomic mass is 79.9. The zero-order chi connectivity index (χ0) is 14.4. The summed E-state index contributed by atoms with van der Waals surface area (Å²) in [7, 11) is 0. The van der Waals surface area contributed by atoms with Crippen molar-refractivity contribution >= 4 is 27.4 Å². The Hall–Kier alpha value is -1.81. The van der Waals surface area contributed by atoms with Gasteiger partial charge in [0.15, 0.2) is 0 Å². The van der Waals surface area contributed by atoms with Crippen LogP contribution in [0.5, 0.6) is 0 Å². The van der Waals surface area contributed by atoms with Gasteiger partial charge in [0.1, 0.15) is 17.2 Å². The second-order valence-corrected chi connectivity index (χ2v) is 6.03. The lowest BCUT2D eigenvalue weighted by Gasteiger charge is -2.05. The summed E-state index contributed by atoms with van der Waals surface area (Å²) in [5.41, 5.74) is 12.6. The van der Waals surface area contributed by atoms with E-state index >= 15 is 0 Å². The molecule has 20 heavy (non-hydrogen) atoms. The third-order valence-corrected chi connectivity index (χ3v) is 4.41. The fourth-order valence-electron chi connectivity index (χ4n) is 2.56. The summed E-state index contributed by atoms with van der Waals surface area (Å²) in [5.74, 6) is 0.694. The summed E-state index contributed by atoms with van der Waals surface area (Å²) in [4.78, 5) is 4.70. The molecule has 102 valence electrons. The standard InChI is InChI=1S/C16H16BrN3/c1-9-6-11(3)20-14(7-9)19-15(16(20)18)12-4-5-13(17)10(2)8-12/h4-8H,18H2,1-3H3. The summed E-state index contributed by atoms with van der Waals surface area (Å²) < 4.78 is 3.09. The molecular weight excluding hydrogens is 314 g/mol. The zero-order valence-corrected chi connectivity index (χ0v) is 13.3. The molecule has 3 aromatic rings. The first kappa shape index (κ1) is 13.2. The Morgan fingerprint density at radius 2 is 1.85 bits per heavy atom. The number of imidazole rings is 1. The molecule has 3 rings (SSSR count). The van der Waals surface area contributed by atoms with Crippen LogP contribution in [0.25, 0.3) is 16.9 Å². The maximum atomic E-state index is 6.30. The fourth-order valence-corrected chi connectivity index (χ4v) is 2.81. The number of aryl methyl sites for hydroxylation is 3. The molecule has 0 unspecified atom stereocenters. The molecular formula is C16H16BrN3. The summed E-state index contributed by atoms with van der Waals surface area (Å²) in [6.07, 6.45) is 0. The largest absolute Gasteiger partial charge is 0.383 e. The first-order chi connectivity index (χ1) is 9.47. The number of hydrogen-bond donors (Lipinski definition) is 1. The Kier molecular flexibility index (Phi) is 3.05. The lowest BCUT2D eigenvalue weighted by atomic mass is 10.1. The molecule has 0 saturated carbocycles. The van der Waals surface area contributed by atoms with E-state index in [1.54, 1.807) is 0 Å². The van der Waals surface area contributed by atoms with E-state index in [1.807, 2.05) is 16.5 Å². The van der Waals surface area contributed by atoms with Gasteiger partial charge in [-0.05, 0) is 56.2 Å². The van der Waals surface area contributed by atoms with Crippen LogP contribution in [-0.4, -0.2) is 9.38 Å². The number of nitrogens with two attached hydrogens (primary N) is 1. The van der Waals surface area contributed by atoms with Crippen molar-refractivity contribution in [3.63, 3.8) is 0 Å². The fraction of sp³-hybridized carbons (Fsp3) is 0.188. The van der Waals surface area contributed by atoms with E-state index < -0.39 is 0 Å². The minimum absolute atomic E-state index is 0.694. The summed E-state index contributed by atoms with van der Waals surface area (Å²) in [6.45, 7) is 6.19. The maximum absolute atomic E-state index is 6.30. The molecule has 0 aliphatic rings. The van der Waals surface area contributed by atoms with Gasteiger partial charge in [0.25, 0.3) is 0 Å². The number of aromatic nitrogens is 2. The molecule has 0 aliphatic heterocycles. The van der Waals surface area contributed by atoms with Crippen molar-refractivity contribution in [2.24, 2.45) is 0 Å². The number of nitrogen functional groups attached to an aromatic ring is 1. The number of halogens is 1. The van der Waals surface area contributed by atoms with Crippen LogP contribution in [0.3, 0.4) is 0 Å².